The predicted molar refractivity (Wildman–Crippen MR) is 231 cm³/mol. The third-order valence-corrected chi connectivity index (χ3v) is 12.9. The van der Waals surface area contributed by atoms with E-state index < -0.39 is 11.6 Å². The third kappa shape index (κ3) is 8.40. The fourth-order valence-electron chi connectivity index (χ4n) is 9.38. The molecule has 58 heavy (non-hydrogen) atoms. The lowest BCUT2D eigenvalue weighted by atomic mass is 9.82. The second kappa shape index (κ2) is 17.5. The van der Waals surface area contributed by atoms with Crippen molar-refractivity contribution in [1.29, 1.82) is 5.26 Å². The minimum atomic E-state index is -0.777. The Morgan fingerprint density at radius 1 is 1.09 bits per heavy atom. The van der Waals surface area contributed by atoms with Crippen molar-refractivity contribution in [2.45, 2.75) is 96.3 Å². The number of benzene rings is 2. The molecule has 14 nitrogen and oxygen atoms in total. The molecule has 1 saturated carbocycles. The molecule has 4 heterocycles. The van der Waals surface area contributed by atoms with Crippen molar-refractivity contribution in [2.75, 3.05) is 47.8 Å². The molecule has 1 aromatic heterocycles. The summed E-state index contributed by atoms with van der Waals surface area (Å²) in [5.74, 6) is 0.587. The summed E-state index contributed by atoms with van der Waals surface area (Å²) in [6.45, 7) is 11.6. The van der Waals surface area contributed by atoms with Gasteiger partial charge in [-0.25, -0.2) is 4.79 Å². The third-order valence-electron chi connectivity index (χ3n) is 12.3. The van der Waals surface area contributed by atoms with E-state index in [0.29, 0.717) is 44.3 Å². The number of nitrogens with zero attached hydrogens (tertiary/aromatic N) is 8. The van der Waals surface area contributed by atoms with Gasteiger partial charge in [0.1, 0.15) is 11.6 Å². The zero-order chi connectivity index (χ0) is 40.8. The smallest absolute Gasteiger partial charge is 0.329 e. The SMILES string of the molecule is C[C@@H]1CN(CCCC2CCC(N3C(=S)N(c4ccc(C#N)c(Cl)c4)C(=O)C3(C)C)CC2)C[C@H](C)N1CC(=O)Nc1cccc2c(N3CCC(=O)NC3=O)nn(C)c12.Cl. The van der Waals surface area contributed by atoms with E-state index in [-0.39, 0.29) is 67.8 Å². The Morgan fingerprint density at radius 3 is 2.45 bits per heavy atom. The first kappa shape index (κ1) is 43.3. The molecule has 5 amide bonds. The molecule has 3 saturated heterocycles. The standard InChI is InChI=1S/C41H51ClN10O4S.ClH/c1-25-22-48(18-7-8-27-11-14-29(15-12-27)52-40(57)51(38(55)41(52,3)4)30-16-13-28(21-43)32(42)20-30)23-26(2)50(25)24-35(54)44-33-10-6-9-31-36(33)47(5)46-37(31)49-19-17-34(53)45-39(49)56;/h6,9-10,13,16,20,25-27,29H,7-8,11-12,14-15,17-19,22-24H2,1-5H3,(H,44,54)(H,45,53,56);1H/t25-,26+,27?,29?;. The van der Waals surface area contributed by atoms with Gasteiger partial charge < -0.3 is 15.1 Å². The van der Waals surface area contributed by atoms with Crippen LogP contribution in [-0.2, 0) is 21.4 Å². The quantitative estimate of drug-likeness (QED) is 0.231. The predicted octanol–water partition coefficient (Wildman–Crippen LogP) is 6.05. The van der Waals surface area contributed by atoms with Crippen LogP contribution >= 0.6 is 36.2 Å². The van der Waals surface area contributed by atoms with Crippen LogP contribution in [-0.4, -0.2) is 110 Å². The molecule has 0 bridgehead atoms. The number of aromatic nitrogens is 2. The van der Waals surface area contributed by atoms with Crippen molar-refractivity contribution in [3.05, 3.63) is 47.0 Å². The van der Waals surface area contributed by atoms with Crippen LogP contribution in [0.15, 0.2) is 36.4 Å². The van der Waals surface area contributed by atoms with Crippen LogP contribution in [0.2, 0.25) is 5.02 Å². The van der Waals surface area contributed by atoms with Gasteiger partial charge in [-0.15, -0.1) is 12.4 Å². The summed E-state index contributed by atoms with van der Waals surface area (Å²) in [4.78, 5) is 61.4. The van der Waals surface area contributed by atoms with E-state index >= 15 is 0 Å². The van der Waals surface area contributed by atoms with Crippen LogP contribution in [0.5, 0.6) is 0 Å². The number of halogens is 2. The van der Waals surface area contributed by atoms with Crippen LogP contribution in [0.1, 0.15) is 78.2 Å². The number of rotatable bonds is 10. The Balaban J connectivity index is 0.00000567. The lowest BCUT2D eigenvalue weighted by Gasteiger charge is -2.44. The lowest BCUT2D eigenvalue weighted by Crippen LogP contribution is -2.58. The maximum atomic E-state index is 13.7. The molecule has 2 N–H and O–H groups in total. The molecular weight excluding hydrogens is 799 g/mol. The summed E-state index contributed by atoms with van der Waals surface area (Å²) in [7, 11) is 1.78. The highest BCUT2D eigenvalue weighted by Crippen LogP contribution is 2.40. The van der Waals surface area contributed by atoms with Crippen LogP contribution in [0, 0.1) is 17.2 Å². The first-order valence-electron chi connectivity index (χ1n) is 19.9. The molecule has 4 aliphatic rings. The number of para-hydroxylation sites is 1. The minimum Gasteiger partial charge on any atom is -0.331 e. The van der Waals surface area contributed by atoms with E-state index in [4.69, 9.17) is 23.8 Å². The molecule has 17 heteroatoms. The largest absolute Gasteiger partial charge is 0.331 e. The van der Waals surface area contributed by atoms with Crippen LogP contribution in [0.3, 0.4) is 0 Å². The molecule has 7 rings (SSSR count). The number of urea groups is 1. The van der Waals surface area contributed by atoms with Crippen molar-refractivity contribution in [1.82, 2.24) is 29.8 Å². The number of thiocarbonyl (C=S) groups is 1. The van der Waals surface area contributed by atoms with Gasteiger partial charge >= 0.3 is 6.03 Å². The zero-order valence-electron chi connectivity index (χ0n) is 33.7. The number of carbonyl (C=O) groups excluding carboxylic acids is 4. The van der Waals surface area contributed by atoms with E-state index in [9.17, 15) is 24.4 Å². The Hall–Kier alpha value is -4.33. The molecule has 0 radical (unpaired) electrons. The summed E-state index contributed by atoms with van der Waals surface area (Å²) in [5.41, 5.74) is 1.50. The second-order valence-electron chi connectivity index (χ2n) is 16.5. The van der Waals surface area contributed by atoms with Gasteiger partial charge in [0.2, 0.25) is 11.8 Å². The summed E-state index contributed by atoms with van der Waals surface area (Å²) in [6.07, 6.45) is 6.61. The van der Waals surface area contributed by atoms with E-state index in [1.165, 1.54) is 4.90 Å². The molecule has 3 aliphatic heterocycles. The van der Waals surface area contributed by atoms with E-state index in [0.717, 1.165) is 63.5 Å². The van der Waals surface area contributed by atoms with Gasteiger partial charge in [-0.3, -0.25) is 39.1 Å². The van der Waals surface area contributed by atoms with Gasteiger partial charge in [0.05, 0.1) is 34.0 Å². The normalized spacial score (nSPS) is 24.2. The molecule has 3 aromatic rings. The number of nitriles is 1. The lowest BCUT2D eigenvalue weighted by molar-refractivity contribution is -0.124. The summed E-state index contributed by atoms with van der Waals surface area (Å²) in [5, 5.41) is 20.9. The van der Waals surface area contributed by atoms with Gasteiger partial charge in [-0.2, -0.15) is 10.4 Å². The number of hydrogen-bond acceptors (Lipinski definition) is 9. The maximum absolute atomic E-state index is 13.7. The van der Waals surface area contributed by atoms with Gasteiger partial charge in [0.15, 0.2) is 10.9 Å². The molecule has 4 fully saturated rings. The Kier molecular flexibility index (Phi) is 13.0. The molecule has 0 spiro atoms. The first-order chi connectivity index (χ1) is 27.2. The highest BCUT2D eigenvalue weighted by Gasteiger charge is 2.52. The molecule has 0 unspecified atom stereocenters. The number of aryl methyl sites for hydroxylation is 1. The van der Waals surface area contributed by atoms with Crippen molar-refractivity contribution in [2.24, 2.45) is 13.0 Å². The Morgan fingerprint density at radius 2 is 1.79 bits per heavy atom. The van der Waals surface area contributed by atoms with Crippen molar-refractivity contribution < 1.29 is 19.2 Å². The number of fused-ring (bicyclic) bond motifs is 1. The fourth-order valence-corrected chi connectivity index (χ4v) is 10.2. The van der Waals surface area contributed by atoms with Gasteiger partial charge in [-0.05, 0) is 121 Å². The number of nitrogens with one attached hydrogen (secondary N) is 2. The van der Waals surface area contributed by atoms with Gasteiger partial charge in [-0.1, -0.05) is 17.7 Å². The van der Waals surface area contributed by atoms with Crippen molar-refractivity contribution in [3.8, 4) is 6.07 Å². The van der Waals surface area contributed by atoms with Crippen molar-refractivity contribution >= 4 is 93.2 Å². The zero-order valence-corrected chi connectivity index (χ0v) is 36.1. The monoisotopic (exact) mass is 850 g/mol. The van der Waals surface area contributed by atoms with Gasteiger partial charge in [0, 0.05) is 56.6 Å². The van der Waals surface area contributed by atoms with Crippen molar-refractivity contribution in [3.63, 3.8) is 0 Å². The fraction of sp³-hybridized carbons (Fsp3) is 0.537. The number of imide groups is 1. The first-order valence-corrected chi connectivity index (χ1v) is 20.7. The van der Waals surface area contributed by atoms with Gasteiger partial charge in [0.25, 0.3) is 5.91 Å². The molecule has 2 aromatic carbocycles. The average molecular weight is 852 g/mol. The number of amides is 5. The van der Waals surface area contributed by atoms with Crippen LogP contribution < -0.4 is 20.4 Å². The molecule has 310 valence electrons. The Labute approximate surface area is 356 Å². The van der Waals surface area contributed by atoms with E-state index in [1.807, 2.05) is 32.0 Å². The highest BCUT2D eigenvalue weighted by molar-refractivity contribution is 7.80. The van der Waals surface area contributed by atoms with E-state index in [1.54, 1.807) is 34.8 Å². The second-order valence-corrected chi connectivity index (χ2v) is 17.3. The Bertz CT molecular complexity index is 2140. The number of anilines is 3. The van der Waals surface area contributed by atoms with E-state index in [2.05, 4.69) is 50.3 Å². The topological polar surface area (TPSA) is 150 Å². The minimum absolute atomic E-state index is 0. The number of piperazine rings is 1. The summed E-state index contributed by atoms with van der Waals surface area (Å²) < 4.78 is 1.66. The summed E-state index contributed by atoms with van der Waals surface area (Å²) in [6, 6.07) is 12.7. The summed E-state index contributed by atoms with van der Waals surface area (Å²) >= 11 is 12.2. The average Bonchev–Trinajstić information content (AvgIpc) is 3.58. The highest BCUT2D eigenvalue weighted by atomic mass is 35.5. The molecule has 1 aliphatic carbocycles. The number of hydrogen-bond donors (Lipinski definition) is 2. The molecular formula is C41H52Cl2N10O4S. The number of carbonyl (C=O) groups is 4. The van der Waals surface area contributed by atoms with Crippen LogP contribution in [0.4, 0.5) is 22.0 Å². The maximum Gasteiger partial charge on any atom is 0.329 e. The van der Waals surface area contributed by atoms with Crippen LogP contribution in [0.25, 0.3) is 10.9 Å². The molecule has 2 atom stereocenters.